The molecule has 1 atom stereocenters. The number of carbonyl (C=O) groups excluding carboxylic acids is 1. The van der Waals surface area contributed by atoms with Crippen LogP contribution in [0, 0.1) is 0 Å². The first kappa shape index (κ1) is 16.3. The lowest BCUT2D eigenvalue weighted by Gasteiger charge is -2.24. The molecular formula is C26H19ClO. The van der Waals surface area contributed by atoms with E-state index in [1.165, 1.54) is 37.9 Å². The molecule has 0 aromatic heterocycles. The second kappa shape index (κ2) is 5.93. The van der Waals surface area contributed by atoms with Gasteiger partial charge in [0.05, 0.1) is 5.02 Å². The van der Waals surface area contributed by atoms with Gasteiger partial charge in [0.15, 0.2) is 0 Å². The lowest BCUT2D eigenvalue weighted by atomic mass is 9.79. The van der Waals surface area contributed by atoms with Crippen LogP contribution >= 0.6 is 11.6 Å². The molecule has 1 nitrogen and oxygen atoms in total. The Balaban J connectivity index is 1.79. The number of halogens is 1. The third kappa shape index (κ3) is 2.11. The van der Waals surface area contributed by atoms with Crippen LogP contribution in [0.5, 0.6) is 0 Å². The van der Waals surface area contributed by atoms with Gasteiger partial charge < -0.3 is 0 Å². The Morgan fingerprint density at radius 3 is 2.32 bits per heavy atom. The Labute approximate surface area is 168 Å². The van der Waals surface area contributed by atoms with E-state index in [0.29, 0.717) is 12.2 Å². The van der Waals surface area contributed by atoms with Crippen LogP contribution in [0.15, 0.2) is 60.7 Å². The Morgan fingerprint density at radius 1 is 0.714 bits per heavy atom. The third-order valence-electron chi connectivity index (χ3n) is 6.57. The van der Waals surface area contributed by atoms with Crippen molar-refractivity contribution in [3.05, 3.63) is 71.2 Å². The molecule has 5 aromatic rings. The number of hydrogen-bond acceptors (Lipinski definition) is 1. The van der Waals surface area contributed by atoms with Crippen molar-refractivity contribution in [2.75, 3.05) is 0 Å². The van der Waals surface area contributed by atoms with Crippen molar-refractivity contribution < 1.29 is 4.79 Å². The molecule has 0 N–H and O–H groups in total. The summed E-state index contributed by atoms with van der Waals surface area (Å²) in [5, 5.41) is 10.3. The number of Topliss-reactive ketones (excluding diaryl/α,β-unsaturated/α-hetero) is 1. The van der Waals surface area contributed by atoms with Crippen LogP contribution in [0.2, 0.25) is 5.02 Å². The lowest BCUT2D eigenvalue weighted by Crippen LogP contribution is -2.17. The SMILES string of the molecule is O=C1CCCCC1c1ccc2ccc3c(Cl)c4ccccc4c4ccc1c2c34. The molecule has 1 saturated carbocycles. The minimum atomic E-state index is 0.0329. The maximum atomic E-state index is 12.7. The van der Waals surface area contributed by atoms with E-state index in [9.17, 15) is 4.79 Å². The van der Waals surface area contributed by atoms with Gasteiger partial charge >= 0.3 is 0 Å². The maximum Gasteiger partial charge on any atom is 0.140 e. The zero-order valence-electron chi connectivity index (χ0n) is 15.5. The molecule has 0 bridgehead atoms. The van der Waals surface area contributed by atoms with E-state index in [4.69, 9.17) is 11.6 Å². The molecule has 1 fully saturated rings. The van der Waals surface area contributed by atoms with Crippen molar-refractivity contribution in [1.82, 2.24) is 0 Å². The van der Waals surface area contributed by atoms with Crippen molar-refractivity contribution in [2.24, 2.45) is 0 Å². The molecule has 136 valence electrons. The Morgan fingerprint density at radius 2 is 1.46 bits per heavy atom. The highest BCUT2D eigenvalue weighted by Crippen LogP contribution is 2.45. The normalized spacial score (nSPS) is 18.0. The second-order valence-corrected chi connectivity index (χ2v) is 8.40. The Kier molecular flexibility index (Phi) is 3.46. The first-order chi connectivity index (χ1) is 13.7. The summed E-state index contributed by atoms with van der Waals surface area (Å²) in [6, 6.07) is 21.5. The summed E-state index contributed by atoms with van der Waals surface area (Å²) >= 11 is 6.86. The van der Waals surface area contributed by atoms with Crippen LogP contribution in [-0.2, 0) is 4.79 Å². The molecule has 0 heterocycles. The first-order valence-corrected chi connectivity index (χ1v) is 10.4. The minimum Gasteiger partial charge on any atom is -0.299 e. The van der Waals surface area contributed by atoms with Gasteiger partial charge in [0, 0.05) is 23.1 Å². The summed E-state index contributed by atoms with van der Waals surface area (Å²) in [5.41, 5.74) is 1.19. The van der Waals surface area contributed by atoms with Gasteiger partial charge in [0.2, 0.25) is 0 Å². The summed E-state index contributed by atoms with van der Waals surface area (Å²) in [4.78, 5) is 12.7. The van der Waals surface area contributed by atoms with E-state index in [1.54, 1.807) is 0 Å². The fourth-order valence-electron chi connectivity index (χ4n) is 5.25. The van der Waals surface area contributed by atoms with Crippen molar-refractivity contribution >= 4 is 60.5 Å². The highest BCUT2D eigenvalue weighted by molar-refractivity contribution is 6.45. The van der Waals surface area contributed by atoms with Crippen molar-refractivity contribution in [3.8, 4) is 0 Å². The first-order valence-electron chi connectivity index (χ1n) is 10.0. The maximum absolute atomic E-state index is 12.7. The molecule has 1 unspecified atom stereocenters. The predicted molar refractivity (Wildman–Crippen MR) is 119 cm³/mol. The third-order valence-corrected chi connectivity index (χ3v) is 6.97. The molecule has 28 heavy (non-hydrogen) atoms. The number of benzene rings is 5. The molecule has 0 amide bonds. The van der Waals surface area contributed by atoms with Crippen LogP contribution in [0.25, 0.3) is 43.1 Å². The van der Waals surface area contributed by atoms with Crippen LogP contribution in [0.4, 0.5) is 0 Å². The molecule has 0 spiro atoms. The zero-order chi connectivity index (χ0) is 18.8. The fourth-order valence-corrected chi connectivity index (χ4v) is 5.57. The van der Waals surface area contributed by atoms with E-state index >= 15 is 0 Å². The number of hydrogen-bond donors (Lipinski definition) is 0. The predicted octanol–water partition coefficient (Wildman–Crippen LogP) is 7.62. The van der Waals surface area contributed by atoms with Crippen molar-refractivity contribution in [1.29, 1.82) is 0 Å². The van der Waals surface area contributed by atoms with Gasteiger partial charge in [-0.1, -0.05) is 78.7 Å². The summed E-state index contributed by atoms with van der Waals surface area (Å²) in [7, 11) is 0. The molecule has 0 aliphatic heterocycles. The number of fused-ring (bicyclic) bond motifs is 2. The largest absolute Gasteiger partial charge is 0.299 e. The highest BCUT2D eigenvalue weighted by atomic mass is 35.5. The monoisotopic (exact) mass is 382 g/mol. The molecule has 6 rings (SSSR count). The van der Waals surface area contributed by atoms with Gasteiger partial charge in [-0.2, -0.15) is 0 Å². The topological polar surface area (TPSA) is 17.1 Å². The molecule has 0 radical (unpaired) electrons. The number of rotatable bonds is 1. The summed E-state index contributed by atoms with van der Waals surface area (Å²) in [5.74, 6) is 0.426. The fraction of sp³-hybridized carbons (Fsp3) is 0.192. The van der Waals surface area contributed by atoms with E-state index < -0.39 is 0 Å². The van der Waals surface area contributed by atoms with Gasteiger partial charge in [0.1, 0.15) is 5.78 Å². The van der Waals surface area contributed by atoms with Gasteiger partial charge in [-0.15, -0.1) is 0 Å². The van der Waals surface area contributed by atoms with Gasteiger partial charge in [-0.05, 0) is 50.7 Å². The lowest BCUT2D eigenvalue weighted by molar-refractivity contribution is -0.121. The number of ketones is 1. The summed E-state index contributed by atoms with van der Waals surface area (Å²) < 4.78 is 0. The smallest absolute Gasteiger partial charge is 0.140 e. The van der Waals surface area contributed by atoms with Gasteiger partial charge in [0.25, 0.3) is 0 Å². The molecule has 0 saturated heterocycles. The van der Waals surface area contributed by atoms with Crippen molar-refractivity contribution in [3.63, 3.8) is 0 Å². The zero-order valence-corrected chi connectivity index (χ0v) is 16.2. The molecule has 1 aliphatic carbocycles. The van der Waals surface area contributed by atoms with Crippen LogP contribution in [0.1, 0.15) is 37.2 Å². The minimum absolute atomic E-state index is 0.0329. The van der Waals surface area contributed by atoms with E-state index in [-0.39, 0.29) is 5.92 Å². The molecule has 2 heteroatoms. The quantitative estimate of drug-likeness (QED) is 0.215. The Bertz CT molecular complexity index is 1400. The molecular weight excluding hydrogens is 364 g/mol. The Hall–Kier alpha value is -2.64. The summed E-state index contributed by atoms with van der Waals surface area (Å²) in [6.07, 6.45) is 3.84. The number of carbonyl (C=O) groups is 1. The average Bonchev–Trinajstić information content (AvgIpc) is 2.74. The van der Waals surface area contributed by atoms with E-state index in [1.807, 2.05) is 6.07 Å². The van der Waals surface area contributed by atoms with E-state index in [0.717, 1.165) is 35.1 Å². The van der Waals surface area contributed by atoms with Crippen LogP contribution in [-0.4, -0.2) is 5.78 Å². The summed E-state index contributed by atoms with van der Waals surface area (Å²) in [6.45, 7) is 0. The average molecular weight is 383 g/mol. The second-order valence-electron chi connectivity index (χ2n) is 8.03. The van der Waals surface area contributed by atoms with Crippen LogP contribution in [0.3, 0.4) is 0 Å². The molecule has 5 aromatic carbocycles. The van der Waals surface area contributed by atoms with Crippen LogP contribution < -0.4 is 0 Å². The van der Waals surface area contributed by atoms with E-state index in [2.05, 4.69) is 54.6 Å². The highest BCUT2D eigenvalue weighted by Gasteiger charge is 2.26. The molecule has 1 aliphatic rings. The van der Waals surface area contributed by atoms with Gasteiger partial charge in [-0.3, -0.25) is 4.79 Å². The standard InChI is InChI=1S/C26H19ClO/c27-26-21-7-2-1-5-16(21)20-14-13-19-17(18-6-3-4-8-23(18)28)11-9-15-10-12-22(26)25(20)24(15)19/h1-2,5,7,9-14,18H,3-4,6,8H2. The van der Waals surface area contributed by atoms with Crippen molar-refractivity contribution in [2.45, 2.75) is 31.6 Å². The van der Waals surface area contributed by atoms with Gasteiger partial charge in [-0.25, -0.2) is 0 Å².